The lowest BCUT2D eigenvalue weighted by Gasteiger charge is -2.39. The molecular weight excluding hydrogens is 760 g/mol. The first-order chi connectivity index (χ1) is 27.4. The number of aromatic nitrogens is 4. The van der Waals surface area contributed by atoms with Crippen LogP contribution in [0.3, 0.4) is 0 Å². The summed E-state index contributed by atoms with van der Waals surface area (Å²) < 4.78 is 0. The van der Waals surface area contributed by atoms with Crippen LogP contribution in [0, 0.1) is 64.2 Å². The number of nitrogens with zero attached hydrogens (tertiary/aromatic N) is 5. The summed E-state index contributed by atoms with van der Waals surface area (Å²) in [6, 6.07) is 30.7. The molecule has 4 aromatic carbocycles. The second kappa shape index (κ2) is 19.8. The highest BCUT2D eigenvalue weighted by Gasteiger charge is 2.32. The molecule has 6 aromatic rings. The van der Waals surface area contributed by atoms with E-state index in [2.05, 4.69) is 37.8 Å². The molecule has 0 atom stereocenters. The number of nitrogens with one attached hydrogen (secondary N) is 3. The van der Waals surface area contributed by atoms with E-state index < -0.39 is 5.97 Å². The number of hydrogen-bond donors (Lipinski definition) is 4. The predicted molar refractivity (Wildman–Crippen MR) is 234 cm³/mol. The molecule has 11 nitrogen and oxygen atoms in total. The molecule has 1 amide bonds. The van der Waals surface area contributed by atoms with Gasteiger partial charge in [-0.15, -0.1) is 12.4 Å². The van der Waals surface area contributed by atoms with Gasteiger partial charge < -0.3 is 15.3 Å². The highest BCUT2D eigenvalue weighted by atomic mass is 35.5. The molecular formula is C47H51ClN8O3. The molecule has 2 saturated heterocycles. The van der Waals surface area contributed by atoms with Gasteiger partial charge in [-0.3, -0.25) is 15.0 Å². The SMILES string of the molecule is C.Cc1ccc(C(=O)N2CC(c3ccc(C#N)cc3)C2)cc1-c1n[nH]c(C)c1C.Cc1ccc(C(=O)O)cc1-c1n[nH]c(C)c1C.Cl.N#Cc1ccc(C2CNC2)cc1. The monoisotopic (exact) mass is 810 g/mol. The van der Waals surface area contributed by atoms with Gasteiger partial charge in [0, 0.05) is 66.1 Å². The number of carboxylic acid groups (broad SMARTS) is 1. The third-order valence-electron chi connectivity index (χ3n) is 11.0. The summed E-state index contributed by atoms with van der Waals surface area (Å²) in [5.41, 5.74) is 14.8. The van der Waals surface area contributed by atoms with Crippen molar-refractivity contribution in [3.63, 3.8) is 0 Å². The number of halogens is 1. The first kappa shape index (κ1) is 45.2. The second-order valence-corrected chi connectivity index (χ2v) is 14.7. The molecule has 0 unspecified atom stereocenters. The Balaban J connectivity index is 0.000000211. The summed E-state index contributed by atoms with van der Waals surface area (Å²) in [4.78, 5) is 25.8. The largest absolute Gasteiger partial charge is 0.478 e. The van der Waals surface area contributed by atoms with Crippen molar-refractivity contribution in [2.45, 2.75) is 60.8 Å². The van der Waals surface area contributed by atoms with Gasteiger partial charge in [0.1, 0.15) is 0 Å². The van der Waals surface area contributed by atoms with Crippen LogP contribution in [-0.2, 0) is 0 Å². The lowest BCUT2D eigenvalue weighted by Crippen LogP contribution is -2.48. The van der Waals surface area contributed by atoms with Crippen molar-refractivity contribution in [1.29, 1.82) is 10.5 Å². The molecule has 8 rings (SSSR count). The van der Waals surface area contributed by atoms with Gasteiger partial charge in [-0.25, -0.2) is 4.79 Å². The number of hydrogen-bond acceptors (Lipinski definition) is 7. The summed E-state index contributed by atoms with van der Waals surface area (Å²) in [6.45, 7) is 15.5. The van der Waals surface area contributed by atoms with Crippen molar-refractivity contribution < 1.29 is 14.7 Å². The fourth-order valence-corrected chi connectivity index (χ4v) is 6.74. The van der Waals surface area contributed by atoms with Crippen molar-refractivity contribution >= 4 is 24.3 Å². The molecule has 4 N–H and O–H groups in total. The fourth-order valence-electron chi connectivity index (χ4n) is 6.74. The van der Waals surface area contributed by atoms with Gasteiger partial charge in [0.05, 0.1) is 40.2 Å². The van der Waals surface area contributed by atoms with E-state index >= 15 is 0 Å². The maximum absolute atomic E-state index is 12.9. The van der Waals surface area contributed by atoms with E-state index in [4.69, 9.17) is 15.6 Å². The Hall–Kier alpha value is -6.53. The Bertz CT molecular complexity index is 2500. The summed E-state index contributed by atoms with van der Waals surface area (Å²) in [5, 5.41) is 44.3. The number of H-pyrrole nitrogens is 2. The minimum atomic E-state index is -0.920. The zero-order chi connectivity index (χ0) is 40.8. The molecule has 0 saturated carbocycles. The lowest BCUT2D eigenvalue weighted by atomic mass is 9.90. The molecule has 2 aliphatic heterocycles. The standard InChI is InChI=1S/C23H22N4O.C13H14N2O2.C10H10N2.CH4.ClH/c1-14-4-7-19(10-21(14)22-15(2)16(3)25-26-22)23(28)27-12-20(13-27)18-8-5-17(11-24)6-9-18;1-7-4-5-10(13(16)17)6-11(7)12-8(2)9(3)14-15-12;11-5-8-1-3-9(4-2-8)10-6-12-7-10;;/h4-10,20H,12-13H2,1-3H3,(H,25,26);4-6H,1-3H3,(H,14,15)(H,16,17);1-4,10,12H,6-7H2;1H4;1H. The number of aromatic amines is 2. The second-order valence-electron chi connectivity index (χ2n) is 14.7. The lowest BCUT2D eigenvalue weighted by molar-refractivity contribution is 0.0601. The van der Waals surface area contributed by atoms with Crippen LogP contribution in [-0.4, -0.2) is 68.5 Å². The number of carbonyl (C=O) groups excluding carboxylic acids is 1. The molecule has 59 heavy (non-hydrogen) atoms. The third-order valence-corrected chi connectivity index (χ3v) is 11.0. The third kappa shape index (κ3) is 10.1. The molecule has 0 bridgehead atoms. The van der Waals surface area contributed by atoms with E-state index in [1.165, 1.54) is 11.1 Å². The number of carboxylic acids is 1. The summed E-state index contributed by atoms with van der Waals surface area (Å²) in [5.74, 6) is 0.128. The Kier molecular flexibility index (Phi) is 15.1. The fraction of sp³-hybridized carbons (Fsp3) is 0.277. The molecule has 12 heteroatoms. The summed E-state index contributed by atoms with van der Waals surface area (Å²) in [7, 11) is 0. The van der Waals surface area contributed by atoms with Gasteiger partial charge in [-0.1, -0.05) is 43.8 Å². The number of benzene rings is 4. The maximum atomic E-state index is 12.9. The van der Waals surface area contributed by atoms with Gasteiger partial charge in [-0.05, 0) is 123 Å². The van der Waals surface area contributed by atoms with Crippen LogP contribution in [0.1, 0.15) is 95.9 Å². The summed E-state index contributed by atoms with van der Waals surface area (Å²) >= 11 is 0. The Morgan fingerprint density at radius 1 is 0.661 bits per heavy atom. The average Bonchev–Trinajstić information content (AvgIpc) is 3.69. The van der Waals surface area contributed by atoms with Crippen LogP contribution >= 0.6 is 12.4 Å². The zero-order valence-electron chi connectivity index (χ0n) is 33.5. The normalized spacial score (nSPS) is 13.0. The van der Waals surface area contributed by atoms with Crippen LogP contribution in [0.15, 0.2) is 84.9 Å². The average molecular weight is 811 g/mol. The minimum absolute atomic E-state index is 0. The zero-order valence-corrected chi connectivity index (χ0v) is 34.3. The molecule has 0 spiro atoms. The maximum Gasteiger partial charge on any atom is 0.335 e. The molecule has 2 fully saturated rings. The van der Waals surface area contributed by atoms with E-state index in [-0.39, 0.29) is 31.3 Å². The minimum Gasteiger partial charge on any atom is -0.478 e. The first-order valence-corrected chi connectivity index (χ1v) is 18.9. The van der Waals surface area contributed by atoms with Crippen LogP contribution in [0.2, 0.25) is 0 Å². The van der Waals surface area contributed by atoms with Crippen molar-refractivity contribution in [2.24, 2.45) is 0 Å². The number of nitriles is 2. The molecule has 2 aliphatic rings. The highest BCUT2D eigenvalue weighted by molar-refractivity contribution is 5.96. The van der Waals surface area contributed by atoms with Crippen molar-refractivity contribution in [2.75, 3.05) is 26.2 Å². The van der Waals surface area contributed by atoms with Crippen LogP contribution in [0.25, 0.3) is 22.5 Å². The van der Waals surface area contributed by atoms with Gasteiger partial charge >= 0.3 is 5.97 Å². The molecule has 0 aliphatic carbocycles. The number of amides is 1. The number of aromatic carboxylic acids is 1. The molecule has 0 radical (unpaired) electrons. The van der Waals surface area contributed by atoms with Gasteiger partial charge in [0.2, 0.25) is 0 Å². The highest BCUT2D eigenvalue weighted by Crippen LogP contribution is 2.32. The predicted octanol–water partition coefficient (Wildman–Crippen LogP) is 9.12. The van der Waals surface area contributed by atoms with Crippen LogP contribution in [0.4, 0.5) is 0 Å². The van der Waals surface area contributed by atoms with E-state index in [1.54, 1.807) is 12.1 Å². The van der Waals surface area contributed by atoms with Gasteiger partial charge in [0.15, 0.2) is 0 Å². The Morgan fingerprint density at radius 2 is 1.08 bits per heavy atom. The van der Waals surface area contributed by atoms with Crippen molar-refractivity contribution in [3.8, 4) is 34.7 Å². The van der Waals surface area contributed by atoms with Gasteiger partial charge in [0.25, 0.3) is 5.91 Å². The topological polar surface area (TPSA) is 175 Å². The molecule has 4 heterocycles. The van der Waals surface area contributed by atoms with Crippen LogP contribution < -0.4 is 5.32 Å². The van der Waals surface area contributed by atoms with E-state index in [1.807, 2.05) is 119 Å². The van der Waals surface area contributed by atoms with Gasteiger partial charge in [-0.2, -0.15) is 20.7 Å². The molecule has 2 aromatic heterocycles. The van der Waals surface area contributed by atoms with Crippen molar-refractivity contribution in [1.82, 2.24) is 30.6 Å². The Labute approximate surface area is 352 Å². The van der Waals surface area contributed by atoms with Crippen molar-refractivity contribution in [3.05, 3.63) is 152 Å². The number of aryl methyl sites for hydroxylation is 4. The summed E-state index contributed by atoms with van der Waals surface area (Å²) in [6.07, 6.45) is 0. The number of rotatable bonds is 6. The Morgan fingerprint density at radius 3 is 1.46 bits per heavy atom. The first-order valence-electron chi connectivity index (χ1n) is 18.9. The van der Waals surface area contributed by atoms with E-state index in [0.29, 0.717) is 36.1 Å². The van der Waals surface area contributed by atoms with E-state index in [0.717, 1.165) is 74.8 Å². The quantitative estimate of drug-likeness (QED) is 0.129. The smallest absolute Gasteiger partial charge is 0.335 e. The number of likely N-dealkylation sites (tertiary alicyclic amines) is 1. The van der Waals surface area contributed by atoms with Crippen LogP contribution in [0.5, 0.6) is 0 Å². The van der Waals surface area contributed by atoms with E-state index in [9.17, 15) is 9.59 Å². The number of carbonyl (C=O) groups is 2. The molecule has 304 valence electrons.